The first kappa shape index (κ1) is 15.5. The maximum Gasteiger partial charge on any atom is 0.185 e. The molecule has 0 saturated heterocycles. The standard InChI is InChI=1S/C13H15NO4S/c1-8(15)19-7-11(16)13(17)9-4-3-5-12(18-2)10(9)6-14/h3-5,11,13,16-17H,7H2,1-2H3. The summed E-state index contributed by atoms with van der Waals surface area (Å²) in [6.45, 7) is 1.38. The Morgan fingerprint density at radius 1 is 1.53 bits per heavy atom. The van der Waals surface area contributed by atoms with E-state index in [1.165, 1.54) is 14.0 Å². The molecule has 0 spiro atoms. The molecule has 0 aliphatic heterocycles. The van der Waals surface area contributed by atoms with Crippen LogP contribution in [0.1, 0.15) is 24.2 Å². The van der Waals surface area contributed by atoms with E-state index in [1.807, 2.05) is 6.07 Å². The van der Waals surface area contributed by atoms with Crippen LogP contribution in [0.4, 0.5) is 0 Å². The monoisotopic (exact) mass is 281 g/mol. The summed E-state index contributed by atoms with van der Waals surface area (Å²) in [5.41, 5.74) is 0.475. The Bertz CT molecular complexity index is 498. The highest BCUT2D eigenvalue weighted by Crippen LogP contribution is 2.28. The van der Waals surface area contributed by atoms with Gasteiger partial charge in [-0.15, -0.1) is 0 Å². The van der Waals surface area contributed by atoms with Gasteiger partial charge in [0.05, 0.1) is 18.8 Å². The van der Waals surface area contributed by atoms with Gasteiger partial charge in [0.15, 0.2) is 5.12 Å². The molecule has 2 atom stereocenters. The zero-order chi connectivity index (χ0) is 14.4. The molecule has 2 unspecified atom stereocenters. The van der Waals surface area contributed by atoms with Crippen LogP contribution in [0.2, 0.25) is 0 Å². The van der Waals surface area contributed by atoms with E-state index in [0.717, 1.165) is 11.8 Å². The van der Waals surface area contributed by atoms with E-state index in [9.17, 15) is 15.0 Å². The van der Waals surface area contributed by atoms with Crippen LogP contribution in [0, 0.1) is 11.3 Å². The highest BCUT2D eigenvalue weighted by molar-refractivity contribution is 8.13. The number of nitriles is 1. The van der Waals surface area contributed by atoms with Crippen LogP contribution in [0.3, 0.4) is 0 Å². The number of carbonyl (C=O) groups excluding carboxylic acids is 1. The highest BCUT2D eigenvalue weighted by Gasteiger charge is 2.23. The normalized spacial score (nSPS) is 13.4. The smallest absolute Gasteiger partial charge is 0.185 e. The molecule has 0 fully saturated rings. The van der Waals surface area contributed by atoms with E-state index in [-0.39, 0.29) is 16.4 Å². The van der Waals surface area contributed by atoms with Gasteiger partial charge in [-0.2, -0.15) is 5.26 Å². The Morgan fingerprint density at radius 2 is 2.21 bits per heavy atom. The van der Waals surface area contributed by atoms with Crippen LogP contribution in [0.15, 0.2) is 18.2 Å². The minimum absolute atomic E-state index is 0.0680. The molecular formula is C13H15NO4S. The Kier molecular flexibility index (Phi) is 5.83. The molecule has 102 valence electrons. The van der Waals surface area contributed by atoms with Gasteiger partial charge in [-0.1, -0.05) is 23.9 Å². The van der Waals surface area contributed by atoms with E-state index in [2.05, 4.69) is 0 Å². The summed E-state index contributed by atoms with van der Waals surface area (Å²) in [4.78, 5) is 10.8. The number of carbonyl (C=O) groups is 1. The molecule has 0 heterocycles. The van der Waals surface area contributed by atoms with Crippen molar-refractivity contribution in [2.75, 3.05) is 12.9 Å². The fourth-order valence-corrected chi connectivity index (χ4v) is 2.17. The molecule has 1 aromatic carbocycles. The zero-order valence-electron chi connectivity index (χ0n) is 10.7. The number of hydrogen-bond acceptors (Lipinski definition) is 6. The summed E-state index contributed by atoms with van der Waals surface area (Å²) >= 11 is 0.923. The second-order valence-corrected chi connectivity index (χ2v) is 5.05. The maximum absolute atomic E-state index is 10.8. The van der Waals surface area contributed by atoms with Crippen LogP contribution in [0.5, 0.6) is 5.75 Å². The number of methoxy groups -OCH3 is 1. The molecule has 1 aromatic rings. The minimum Gasteiger partial charge on any atom is -0.495 e. The van der Waals surface area contributed by atoms with Gasteiger partial charge in [-0.3, -0.25) is 4.79 Å². The van der Waals surface area contributed by atoms with Gasteiger partial charge in [0.2, 0.25) is 0 Å². The van der Waals surface area contributed by atoms with Crippen molar-refractivity contribution in [3.05, 3.63) is 29.3 Å². The average Bonchev–Trinajstić information content (AvgIpc) is 2.42. The van der Waals surface area contributed by atoms with E-state index >= 15 is 0 Å². The van der Waals surface area contributed by atoms with Crippen LogP contribution in [-0.4, -0.2) is 34.3 Å². The Hall–Kier alpha value is -1.55. The Balaban J connectivity index is 2.96. The topological polar surface area (TPSA) is 90.5 Å². The number of aliphatic hydroxyl groups is 2. The molecule has 0 bridgehead atoms. The lowest BCUT2D eigenvalue weighted by molar-refractivity contribution is -0.109. The van der Waals surface area contributed by atoms with E-state index < -0.39 is 12.2 Å². The first-order valence-corrected chi connectivity index (χ1v) is 6.56. The van der Waals surface area contributed by atoms with Crippen LogP contribution < -0.4 is 4.74 Å². The van der Waals surface area contributed by atoms with Gasteiger partial charge in [-0.05, 0) is 6.07 Å². The van der Waals surface area contributed by atoms with Crippen LogP contribution in [-0.2, 0) is 4.79 Å². The highest BCUT2D eigenvalue weighted by atomic mass is 32.2. The van der Waals surface area contributed by atoms with E-state index in [0.29, 0.717) is 11.3 Å². The molecule has 5 nitrogen and oxygen atoms in total. The zero-order valence-corrected chi connectivity index (χ0v) is 11.5. The Morgan fingerprint density at radius 3 is 2.74 bits per heavy atom. The maximum atomic E-state index is 10.8. The van der Waals surface area contributed by atoms with Gasteiger partial charge < -0.3 is 14.9 Å². The number of benzene rings is 1. The third kappa shape index (κ3) is 3.96. The van der Waals surface area contributed by atoms with Crippen molar-refractivity contribution in [3.8, 4) is 11.8 Å². The Labute approximate surface area is 115 Å². The van der Waals surface area contributed by atoms with Crippen molar-refractivity contribution < 1.29 is 19.7 Å². The van der Waals surface area contributed by atoms with Gasteiger partial charge in [0, 0.05) is 18.2 Å². The number of aliphatic hydroxyl groups excluding tert-OH is 2. The first-order chi connectivity index (χ1) is 9.01. The van der Waals surface area contributed by atoms with E-state index in [4.69, 9.17) is 10.00 Å². The van der Waals surface area contributed by atoms with Crippen molar-refractivity contribution in [1.82, 2.24) is 0 Å². The number of hydrogen-bond donors (Lipinski definition) is 2. The predicted molar refractivity (Wildman–Crippen MR) is 71.8 cm³/mol. The molecule has 0 aliphatic rings. The fourth-order valence-electron chi connectivity index (χ4n) is 1.59. The fraction of sp³-hybridized carbons (Fsp3) is 0.385. The molecule has 0 aliphatic carbocycles. The van der Waals surface area contributed by atoms with Crippen molar-refractivity contribution in [2.24, 2.45) is 0 Å². The van der Waals surface area contributed by atoms with Crippen molar-refractivity contribution >= 4 is 16.9 Å². The average molecular weight is 281 g/mol. The summed E-state index contributed by atoms with van der Waals surface area (Å²) in [6, 6.07) is 6.73. The molecular weight excluding hydrogens is 266 g/mol. The molecule has 19 heavy (non-hydrogen) atoms. The summed E-state index contributed by atoms with van der Waals surface area (Å²) in [5, 5.41) is 28.8. The third-order valence-corrected chi connectivity index (χ3v) is 3.45. The van der Waals surface area contributed by atoms with E-state index in [1.54, 1.807) is 18.2 Å². The number of rotatable bonds is 5. The SMILES string of the molecule is COc1cccc(C(O)C(O)CSC(C)=O)c1C#N. The number of thioether (sulfide) groups is 1. The second kappa shape index (κ2) is 7.14. The molecule has 2 N–H and O–H groups in total. The number of nitrogens with zero attached hydrogens (tertiary/aromatic N) is 1. The summed E-state index contributed by atoms with van der Waals surface area (Å²) in [7, 11) is 1.42. The lowest BCUT2D eigenvalue weighted by Crippen LogP contribution is -2.22. The molecule has 0 aromatic heterocycles. The van der Waals surface area contributed by atoms with Crippen molar-refractivity contribution in [1.29, 1.82) is 5.26 Å². The predicted octanol–water partition coefficient (Wildman–Crippen LogP) is 1.24. The lowest BCUT2D eigenvalue weighted by Gasteiger charge is -2.19. The molecule has 6 heteroatoms. The number of ether oxygens (including phenoxy) is 1. The van der Waals surface area contributed by atoms with Crippen molar-refractivity contribution in [3.63, 3.8) is 0 Å². The lowest BCUT2D eigenvalue weighted by atomic mass is 9.99. The summed E-state index contributed by atoms with van der Waals surface area (Å²) in [5.74, 6) is 0.406. The molecule has 0 saturated carbocycles. The first-order valence-electron chi connectivity index (χ1n) is 5.57. The molecule has 0 radical (unpaired) electrons. The summed E-state index contributed by atoms with van der Waals surface area (Å²) < 4.78 is 5.03. The van der Waals surface area contributed by atoms with Crippen LogP contribution >= 0.6 is 11.8 Å². The van der Waals surface area contributed by atoms with Gasteiger partial charge >= 0.3 is 0 Å². The van der Waals surface area contributed by atoms with Crippen LogP contribution in [0.25, 0.3) is 0 Å². The quantitative estimate of drug-likeness (QED) is 0.844. The van der Waals surface area contributed by atoms with Gasteiger partial charge in [0.1, 0.15) is 17.9 Å². The molecule has 0 amide bonds. The second-order valence-electron chi connectivity index (χ2n) is 3.85. The van der Waals surface area contributed by atoms with Gasteiger partial charge in [0.25, 0.3) is 0 Å². The van der Waals surface area contributed by atoms with Crippen molar-refractivity contribution in [2.45, 2.75) is 19.1 Å². The molecule has 1 rings (SSSR count). The van der Waals surface area contributed by atoms with Gasteiger partial charge in [-0.25, -0.2) is 0 Å². The largest absolute Gasteiger partial charge is 0.495 e. The minimum atomic E-state index is -1.24. The third-order valence-electron chi connectivity index (χ3n) is 2.53. The summed E-state index contributed by atoms with van der Waals surface area (Å²) in [6.07, 6.45) is -2.37.